The zero-order valence-electron chi connectivity index (χ0n) is 15.1. The Bertz CT molecular complexity index is 1040. The molecule has 1 aromatic carbocycles. The van der Waals surface area contributed by atoms with E-state index in [1.807, 2.05) is 0 Å². The molecule has 3 aromatic rings. The third-order valence-corrected chi connectivity index (χ3v) is 7.42. The summed E-state index contributed by atoms with van der Waals surface area (Å²) in [6.45, 7) is -0.458. The summed E-state index contributed by atoms with van der Waals surface area (Å²) in [6, 6.07) is 6.94. The average Bonchev–Trinajstić information content (AvgIpc) is 3.36. The molecular weight excluding hydrogens is 476 g/mol. The third-order valence-electron chi connectivity index (χ3n) is 4.63. The van der Waals surface area contributed by atoms with E-state index in [0.717, 1.165) is 11.3 Å². The van der Waals surface area contributed by atoms with E-state index in [2.05, 4.69) is 10.3 Å². The van der Waals surface area contributed by atoms with Gasteiger partial charge in [0.25, 0.3) is 0 Å². The Kier molecular flexibility index (Phi) is 6.66. The molecule has 4 rings (SSSR count). The van der Waals surface area contributed by atoms with Gasteiger partial charge in [-0.1, -0.05) is 40.2 Å². The van der Waals surface area contributed by atoms with Crippen LogP contribution in [0.5, 0.6) is 0 Å². The number of benzene rings is 1. The van der Waals surface area contributed by atoms with Gasteiger partial charge in [0.1, 0.15) is 35.5 Å². The van der Waals surface area contributed by atoms with Crippen molar-refractivity contribution in [2.75, 3.05) is 6.61 Å². The predicted molar refractivity (Wildman–Crippen MR) is 112 cm³/mol. The van der Waals surface area contributed by atoms with Gasteiger partial charge in [-0.25, -0.2) is 4.68 Å². The van der Waals surface area contributed by atoms with Gasteiger partial charge < -0.3 is 20.1 Å². The number of rotatable bonds is 5. The minimum Gasteiger partial charge on any atom is -0.394 e. The van der Waals surface area contributed by atoms with Gasteiger partial charge in [-0.2, -0.15) is 4.39 Å². The number of aliphatic hydroxyl groups is 3. The van der Waals surface area contributed by atoms with Crippen LogP contribution in [0.25, 0.3) is 10.6 Å². The number of thioether (sulfide) groups is 1. The summed E-state index contributed by atoms with van der Waals surface area (Å²) in [5.41, 5.74) is -0.427. The van der Waals surface area contributed by atoms with Crippen LogP contribution in [0.2, 0.25) is 10.0 Å². The molecule has 3 heterocycles. The van der Waals surface area contributed by atoms with E-state index in [1.165, 1.54) is 28.7 Å². The van der Waals surface area contributed by atoms with Crippen molar-refractivity contribution < 1.29 is 24.4 Å². The van der Waals surface area contributed by atoms with Crippen LogP contribution in [0.15, 0.2) is 41.4 Å². The fraction of sp³-hybridized carbons (Fsp3) is 0.333. The van der Waals surface area contributed by atoms with Crippen molar-refractivity contribution in [3.63, 3.8) is 0 Å². The average molecular weight is 492 g/mol. The maximum Gasteiger partial charge on any atom is 0.177 e. The summed E-state index contributed by atoms with van der Waals surface area (Å²) in [4.78, 5) is 1.25. The van der Waals surface area contributed by atoms with Crippen molar-refractivity contribution in [2.24, 2.45) is 0 Å². The molecule has 7 nitrogen and oxygen atoms in total. The molecule has 160 valence electrons. The minimum absolute atomic E-state index is 0.353. The predicted octanol–water partition coefficient (Wildman–Crippen LogP) is 3.22. The van der Waals surface area contributed by atoms with Crippen molar-refractivity contribution in [1.82, 2.24) is 15.0 Å². The van der Waals surface area contributed by atoms with Crippen molar-refractivity contribution in [2.45, 2.75) is 34.7 Å². The molecule has 1 saturated heterocycles. The Morgan fingerprint density at radius 2 is 1.97 bits per heavy atom. The van der Waals surface area contributed by atoms with E-state index in [1.54, 1.807) is 24.3 Å². The first kappa shape index (κ1) is 22.0. The lowest BCUT2D eigenvalue weighted by Crippen LogP contribution is -2.55. The SMILES string of the molecule is OCC1OC(Sc2ccc(Cl)c(Cl)c2)C(O)C(n2cc(-c3ccc(F)s3)nn2)C1O. The summed E-state index contributed by atoms with van der Waals surface area (Å²) < 4.78 is 20.3. The molecule has 12 heteroatoms. The zero-order valence-corrected chi connectivity index (χ0v) is 18.2. The lowest BCUT2D eigenvalue weighted by Gasteiger charge is -2.41. The van der Waals surface area contributed by atoms with Gasteiger partial charge in [-0.3, -0.25) is 0 Å². The Morgan fingerprint density at radius 3 is 2.63 bits per heavy atom. The molecule has 5 unspecified atom stereocenters. The van der Waals surface area contributed by atoms with E-state index in [4.69, 9.17) is 27.9 Å². The second-order valence-corrected chi connectivity index (χ2v) is 9.60. The van der Waals surface area contributed by atoms with Crippen molar-refractivity contribution in [3.8, 4) is 10.6 Å². The minimum atomic E-state index is -1.25. The Balaban J connectivity index is 1.61. The highest BCUT2D eigenvalue weighted by Gasteiger charge is 2.46. The lowest BCUT2D eigenvalue weighted by molar-refractivity contribution is -0.178. The first-order valence-corrected chi connectivity index (χ1v) is 11.2. The molecule has 0 bridgehead atoms. The van der Waals surface area contributed by atoms with Gasteiger partial charge in [0.05, 0.1) is 27.7 Å². The maximum atomic E-state index is 13.3. The molecule has 30 heavy (non-hydrogen) atoms. The molecule has 1 aliphatic heterocycles. The molecule has 0 radical (unpaired) electrons. The molecule has 0 amide bonds. The maximum absolute atomic E-state index is 13.3. The Hall–Kier alpha value is -1.24. The van der Waals surface area contributed by atoms with Crippen molar-refractivity contribution in [3.05, 3.63) is 51.7 Å². The third kappa shape index (κ3) is 4.37. The van der Waals surface area contributed by atoms with Gasteiger partial charge in [0, 0.05) is 4.90 Å². The molecular formula is C18H16Cl2FN3O4S2. The topological polar surface area (TPSA) is 101 Å². The van der Waals surface area contributed by atoms with Gasteiger partial charge in [0.2, 0.25) is 0 Å². The first-order chi connectivity index (χ1) is 14.4. The number of nitrogens with zero attached hydrogens (tertiary/aromatic N) is 3. The van der Waals surface area contributed by atoms with Crippen LogP contribution in [0, 0.1) is 5.13 Å². The smallest absolute Gasteiger partial charge is 0.177 e. The fourth-order valence-corrected chi connectivity index (χ4v) is 5.29. The number of aromatic nitrogens is 3. The highest BCUT2D eigenvalue weighted by Crippen LogP contribution is 2.39. The number of ether oxygens (including phenoxy) is 1. The van der Waals surface area contributed by atoms with Gasteiger partial charge >= 0.3 is 0 Å². The second kappa shape index (κ2) is 9.09. The van der Waals surface area contributed by atoms with Crippen LogP contribution >= 0.6 is 46.3 Å². The molecule has 3 N–H and O–H groups in total. The molecule has 0 saturated carbocycles. The van der Waals surface area contributed by atoms with E-state index in [9.17, 15) is 19.7 Å². The Morgan fingerprint density at radius 1 is 1.17 bits per heavy atom. The van der Waals surface area contributed by atoms with Crippen LogP contribution in [0.3, 0.4) is 0 Å². The van der Waals surface area contributed by atoms with E-state index in [-0.39, 0.29) is 5.13 Å². The zero-order chi connectivity index (χ0) is 21.4. The van der Waals surface area contributed by atoms with Gasteiger partial charge in [-0.05, 0) is 30.3 Å². The summed E-state index contributed by atoms with van der Waals surface area (Å²) in [6.07, 6.45) is -1.88. The Labute approximate surface area is 189 Å². The number of hydrogen-bond acceptors (Lipinski definition) is 8. The van der Waals surface area contributed by atoms with Gasteiger partial charge in [-0.15, -0.1) is 16.4 Å². The summed E-state index contributed by atoms with van der Waals surface area (Å²) in [5.74, 6) is 0. The standard InChI is InChI=1S/C18H16Cl2FN3O4S2/c19-9-2-1-8(5-10(9)20)29-18-17(27)15(16(26)12(7-25)28-18)24-6-11(22-23-24)13-3-4-14(21)30-13/h1-6,12,15-18,25-27H,7H2. The van der Waals surface area contributed by atoms with Crippen LogP contribution in [-0.2, 0) is 4.74 Å². The fourth-order valence-electron chi connectivity index (χ4n) is 3.15. The normalized spacial score (nSPS) is 26.8. The largest absolute Gasteiger partial charge is 0.394 e. The number of aliphatic hydroxyl groups excluding tert-OH is 3. The van der Waals surface area contributed by atoms with Crippen LogP contribution in [-0.4, -0.2) is 60.7 Å². The molecule has 2 aromatic heterocycles. The molecule has 1 fully saturated rings. The molecule has 0 aliphatic carbocycles. The van der Waals surface area contributed by atoms with Gasteiger partial charge in [0.15, 0.2) is 5.13 Å². The lowest BCUT2D eigenvalue weighted by atomic mass is 9.97. The number of thiophene rings is 1. The van der Waals surface area contributed by atoms with E-state index in [0.29, 0.717) is 25.5 Å². The summed E-state index contributed by atoms with van der Waals surface area (Å²) in [5, 5.41) is 39.7. The number of hydrogen-bond donors (Lipinski definition) is 3. The first-order valence-electron chi connectivity index (χ1n) is 8.79. The highest BCUT2D eigenvalue weighted by atomic mass is 35.5. The molecule has 1 aliphatic rings. The quantitative estimate of drug-likeness (QED) is 0.503. The summed E-state index contributed by atoms with van der Waals surface area (Å²) in [7, 11) is 0. The van der Waals surface area contributed by atoms with Crippen LogP contribution < -0.4 is 0 Å². The summed E-state index contributed by atoms with van der Waals surface area (Å²) >= 11 is 14.1. The van der Waals surface area contributed by atoms with Crippen LogP contribution in [0.4, 0.5) is 4.39 Å². The number of halogens is 3. The molecule has 5 atom stereocenters. The van der Waals surface area contributed by atoms with Crippen molar-refractivity contribution in [1.29, 1.82) is 0 Å². The van der Waals surface area contributed by atoms with E-state index >= 15 is 0 Å². The highest BCUT2D eigenvalue weighted by molar-refractivity contribution is 7.99. The van der Waals surface area contributed by atoms with Crippen molar-refractivity contribution >= 4 is 46.3 Å². The monoisotopic (exact) mass is 491 g/mol. The van der Waals surface area contributed by atoms with Crippen LogP contribution in [0.1, 0.15) is 6.04 Å². The molecule has 0 spiro atoms. The van der Waals surface area contributed by atoms with E-state index < -0.39 is 36.4 Å². The second-order valence-electron chi connectivity index (χ2n) is 6.58.